The summed E-state index contributed by atoms with van der Waals surface area (Å²) in [5, 5.41) is 3.95. The molecule has 1 saturated heterocycles. The number of hydrogen-bond donors (Lipinski definition) is 1. The van der Waals surface area contributed by atoms with Crippen LogP contribution in [0.3, 0.4) is 0 Å². The van der Waals surface area contributed by atoms with Gasteiger partial charge in [0.15, 0.2) is 0 Å². The molecule has 0 spiro atoms. The molecule has 0 atom stereocenters. The van der Waals surface area contributed by atoms with E-state index in [0.29, 0.717) is 12.3 Å². The number of furan rings is 1. The van der Waals surface area contributed by atoms with Gasteiger partial charge < -0.3 is 19.2 Å². The fourth-order valence-corrected chi connectivity index (χ4v) is 4.30. The molecule has 4 rings (SSSR count). The lowest BCUT2D eigenvalue weighted by molar-refractivity contribution is -0.116. The zero-order valence-corrected chi connectivity index (χ0v) is 19.9. The second-order valence-electron chi connectivity index (χ2n) is 7.78. The Kier molecular flexibility index (Phi) is 7.29. The Balaban J connectivity index is 1.54. The summed E-state index contributed by atoms with van der Waals surface area (Å²) in [7, 11) is 1.62. The number of fused-ring (bicyclic) bond motifs is 1. The largest absolute Gasteiger partial charge is 0.496 e. The molecule has 0 aliphatic carbocycles. The van der Waals surface area contributed by atoms with Gasteiger partial charge >= 0.3 is 0 Å². The Morgan fingerprint density at radius 1 is 1.25 bits per heavy atom. The molecular formula is C25H27BrN2O4. The third-order valence-electron chi connectivity index (χ3n) is 5.63. The molecule has 2 aromatic carbocycles. The summed E-state index contributed by atoms with van der Waals surface area (Å²) in [4.78, 5) is 14.8. The zero-order chi connectivity index (χ0) is 22.5. The summed E-state index contributed by atoms with van der Waals surface area (Å²) in [5.41, 5.74) is 4.48. The van der Waals surface area contributed by atoms with Crippen LogP contribution in [-0.2, 0) is 9.53 Å². The highest BCUT2D eigenvalue weighted by Gasteiger charge is 2.15. The van der Waals surface area contributed by atoms with Crippen LogP contribution in [0.5, 0.6) is 5.75 Å². The van der Waals surface area contributed by atoms with E-state index in [0.717, 1.165) is 70.6 Å². The van der Waals surface area contributed by atoms with Gasteiger partial charge in [0.25, 0.3) is 0 Å². The van der Waals surface area contributed by atoms with Gasteiger partial charge in [-0.3, -0.25) is 9.69 Å². The quantitative estimate of drug-likeness (QED) is 0.477. The monoisotopic (exact) mass is 498 g/mol. The Hall–Kier alpha value is -2.61. The predicted molar refractivity (Wildman–Crippen MR) is 130 cm³/mol. The number of halogens is 1. The van der Waals surface area contributed by atoms with Crippen molar-refractivity contribution in [3.05, 3.63) is 58.8 Å². The number of amides is 1. The second kappa shape index (κ2) is 10.3. The number of rotatable bonds is 7. The van der Waals surface area contributed by atoms with Crippen molar-refractivity contribution in [1.29, 1.82) is 0 Å². The smallest absolute Gasteiger partial charge is 0.244 e. The van der Waals surface area contributed by atoms with Gasteiger partial charge in [-0.2, -0.15) is 0 Å². The van der Waals surface area contributed by atoms with Crippen LogP contribution in [0, 0.1) is 0 Å². The number of methoxy groups -OCH3 is 1. The number of nitrogens with zero attached hydrogens (tertiary/aromatic N) is 1. The van der Waals surface area contributed by atoms with Gasteiger partial charge in [-0.25, -0.2) is 0 Å². The van der Waals surface area contributed by atoms with Crippen LogP contribution in [0.4, 0.5) is 0 Å². The fourth-order valence-electron chi connectivity index (χ4n) is 3.90. The minimum atomic E-state index is -0.114. The molecule has 3 aromatic rings. The van der Waals surface area contributed by atoms with Gasteiger partial charge in [-0.05, 0) is 36.3 Å². The third kappa shape index (κ3) is 5.23. The molecule has 7 heteroatoms. The molecule has 1 fully saturated rings. The first-order valence-corrected chi connectivity index (χ1v) is 11.5. The van der Waals surface area contributed by atoms with Crippen molar-refractivity contribution in [2.24, 2.45) is 0 Å². The molecule has 0 radical (unpaired) electrons. The number of benzene rings is 2. The summed E-state index contributed by atoms with van der Waals surface area (Å²) in [5.74, 6) is 0.555. The number of morpholine rings is 1. The summed E-state index contributed by atoms with van der Waals surface area (Å²) < 4.78 is 17.8. The highest BCUT2D eigenvalue weighted by molar-refractivity contribution is 9.10. The standard InChI is InChI=1S/C25H27BrN2O4/c1-17(12-25(29)27-6-7-28-8-10-31-11-9-28)20-14-21-22(18-4-3-5-19(26)13-18)16-32-24(21)15-23(20)30-2/h3-5,12-16H,6-11H2,1-2H3,(H,27,29)/b17-12+. The topological polar surface area (TPSA) is 63.9 Å². The van der Waals surface area contributed by atoms with Crippen molar-refractivity contribution >= 4 is 38.4 Å². The van der Waals surface area contributed by atoms with Crippen LogP contribution in [0.15, 0.2) is 57.6 Å². The average molecular weight is 499 g/mol. The Labute approximate surface area is 196 Å². The molecule has 2 heterocycles. The van der Waals surface area contributed by atoms with Crippen molar-refractivity contribution in [2.45, 2.75) is 6.92 Å². The fraction of sp³-hybridized carbons (Fsp3) is 0.320. The van der Waals surface area contributed by atoms with Gasteiger partial charge in [-0.15, -0.1) is 0 Å². The minimum Gasteiger partial charge on any atom is -0.496 e. The molecule has 0 unspecified atom stereocenters. The SMILES string of the molecule is COc1cc2occ(-c3cccc(Br)c3)c2cc1/C(C)=C/C(=O)NCCN1CCOCC1. The number of hydrogen-bond acceptors (Lipinski definition) is 5. The Morgan fingerprint density at radius 3 is 2.81 bits per heavy atom. The van der Waals surface area contributed by atoms with Gasteiger partial charge in [0.2, 0.25) is 5.91 Å². The van der Waals surface area contributed by atoms with Crippen molar-refractivity contribution in [1.82, 2.24) is 10.2 Å². The summed E-state index contributed by atoms with van der Waals surface area (Å²) >= 11 is 3.53. The van der Waals surface area contributed by atoms with Gasteiger partial charge in [-0.1, -0.05) is 28.1 Å². The number of carbonyl (C=O) groups excluding carboxylic acids is 1. The number of nitrogens with one attached hydrogen (secondary N) is 1. The van der Waals surface area contributed by atoms with Crippen LogP contribution in [-0.4, -0.2) is 57.3 Å². The highest BCUT2D eigenvalue weighted by Crippen LogP contribution is 2.37. The molecule has 6 nitrogen and oxygen atoms in total. The van der Waals surface area contributed by atoms with E-state index >= 15 is 0 Å². The lowest BCUT2D eigenvalue weighted by atomic mass is 9.99. The number of ether oxygens (including phenoxy) is 2. The third-order valence-corrected chi connectivity index (χ3v) is 6.13. The van der Waals surface area contributed by atoms with E-state index in [1.807, 2.05) is 37.3 Å². The average Bonchev–Trinajstić information content (AvgIpc) is 3.21. The van der Waals surface area contributed by atoms with E-state index in [-0.39, 0.29) is 5.91 Å². The van der Waals surface area contributed by atoms with Crippen molar-refractivity contribution in [3.8, 4) is 16.9 Å². The maximum Gasteiger partial charge on any atom is 0.244 e. The first-order valence-electron chi connectivity index (χ1n) is 10.7. The molecule has 0 bridgehead atoms. The van der Waals surface area contributed by atoms with Crippen LogP contribution in [0.1, 0.15) is 12.5 Å². The van der Waals surface area contributed by atoms with E-state index in [4.69, 9.17) is 13.9 Å². The second-order valence-corrected chi connectivity index (χ2v) is 8.70. The van der Waals surface area contributed by atoms with Crippen molar-refractivity contribution in [2.75, 3.05) is 46.5 Å². The summed E-state index contributed by atoms with van der Waals surface area (Å²) in [6.07, 6.45) is 3.38. The van der Waals surface area contributed by atoms with E-state index in [1.54, 1.807) is 19.4 Å². The van der Waals surface area contributed by atoms with Crippen LogP contribution < -0.4 is 10.1 Å². The molecule has 32 heavy (non-hydrogen) atoms. The molecule has 0 saturated carbocycles. The van der Waals surface area contributed by atoms with E-state index < -0.39 is 0 Å². The van der Waals surface area contributed by atoms with Gasteiger partial charge in [0.1, 0.15) is 11.3 Å². The van der Waals surface area contributed by atoms with Gasteiger partial charge in [0, 0.05) is 59.3 Å². The van der Waals surface area contributed by atoms with Crippen molar-refractivity contribution < 1.29 is 18.7 Å². The Morgan fingerprint density at radius 2 is 2.06 bits per heavy atom. The normalized spacial score (nSPS) is 15.2. The van der Waals surface area contributed by atoms with E-state index in [1.165, 1.54) is 0 Å². The molecule has 1 amide bonds. The van der Waals surface area contributed by atoms with E-state index in [2.05, 4.69) is 32.2 Å². The van der Waals surface area contributed by atoms with Crippen LogP contribution in [0.2, 0.25) is 0 Å². The molecular weight excluding hydrogens is 472 g/mol. The highest BCUT2D eigenvalue weighted by atomic mass is 79.9. The molecule has 1 N–H and O–H groups in total. The molecule has 1 aromatic heterocycles. The molecule has 168 valence electrons. The van der Waals surface area contributed by atoms with Crippen LogP contribution >= 0.6 is 15.9 Å². The minimum absolute atomic E-state index is 0.114. The summed E-state index contributed by atoms with van der Waals surface area (Å²) in [6.45, 7) is 6.68. The predicted octanol–water partition coefficient (Wildman–Crippen LogP) is 4.72. The Bertz CT molecular complexity index is 1130. The van der Waals surface area contributed by atoms with Gasteiger partial charge in [0.05, 0.1) is 26.6 Å². The lowest BCUT2D eigenvalue weighted by Gasteiger charge is -2.26. The van der Waals surface area contributed by atoms with E-state index in [9.17, 15) is 4.79 Å². The van der Waals surface area contributed by atoms with Crippen LogP contribution in [0.25, 0.3) is 27.7 Å². The zero-order valence-electron chi connectivity index (χ0n) is 18.3. The maximum atomic E-state index is 12.5. The number of carbonyl (C=O) groups is 1. The first kappa shape index (κ1) is 22.6. The number of allylic oxidation sites excluding steroid dienone is 1. The lowest BCUT2D eigenvalue weighted by Crippen LogP contribution is -2.41. The summed E-state index contributed by atoms with van der Waals surface area (Å²) in [6, 6.07) is 12.0. The molecule has 1 aliphatic rings. The molecule has 1 aliphatic heterocycles. The maximum absolute atomic E-state index is 12.5. The van der Waals surface area contributed by atoms with Crippen molar-refractivity contribution in [3.63, 3.8) is 0 Å². The first-order chi connectivity index (χ1) is 15.5.